The van der Waals surface area contributed by atoms with E-state index >= 15 is 0 Å². The van der Waals surface area contributed by atoms with Crippen LogP contribution in [0.15, 0.2) is 22.7 Å². The largest absolute Gasteiger partial charge is 0.425 e. The molecule has 0 heterocycles. The second kappa shape index (κ2) is 5.70. The molecule has 0 fully saturated rings. The predicted octanol–water partition coefficient (Wildman–Crippen LogP) is 5.54. The first kappa shape index (κ1) is 16.8. The summed E-state index contributed by atoms with van der Waals surface area (Å²) in [7, 11) is 0. The molecule has 0 spiro atoms. The molecular weight excluding hydrogens is 376 g/mol. The summed E-state index contributed by atoms with van der Waals surface area (Å²) in [5.41, 5.74) is 9.98. The standard InChI is InChI=1S/C22H23BrO2/c1-12(24)25-18-11-15-6-5-13-9-16(22(2,3)4)10-14-7-8-17(21(18)23)20(15)19(13)14/h9-11H,5-8H2,1-4H3. The van der Waals surface area contributed by atoms with Gasteiger partial charge in [0.2, 0.25) is 0 Å². The normalized spacial score (nSPS) is 14.9. The lowest BCUT2D eigenvalue weighted by atomic mass is 9.72. The van der Waals surface area contributed by atoms with Gasteiger partial charge in [-0.25, -0.2) is 0 Å². The van der Waals surface area contributed by atoms with Crippen LogP contribution in [0.5, 0.6) is 5.75 Å². The van der Waals surface area contributed by atoms with Crippen molar-refractivity contribution in [1.82, 2.24) is 0 Å². The van der Waals surface area contributed by atoms with Crippen LogP contribution in [0.25, 0.3) is 11.1 Å². The Balaban J connectivity index is 1.94. The van der Waals surface area contributed by atoms with Crippen molar-refractivity contribution in [2.75, 3.05) is 0 Å². The van der Waals surface area contributed by atoms with Crippen molar-refractivity contribution in [3.05, 3.63) is 50.5 Å². The SMILES string of the molecule is CC(=O)Oc1cc2c3c(c1Br)CCc1cc(C(C)(C)C)cc(c1-3)CC2. The number of ether oxygens (including phenoxy) is 1. The molecule has 0 amide bonds. The average Bonchev–Trinajstić information content (AvgIpc) is 2.53. The maximum Gasteiger partial charge on any atom is 0.308 e. The smallest absolute Gasteiger partial charge is 0.308 e. The molecule has 2 aliphatic carbocycles. The molecule has 0 aromatic heterocycles. The summed E-state index contributed by atoms with van der Waals surface area (Å²) >= 11 is 3.70. The van der Waals surface area contributed by atoms with E-state index in [-0.39, 0.29) is 11.4 Å². The number of benzene rings is 2. The second-order valence-electron chi connectivity index (χ2n) is 8.21. The van der Waals surface area contributed by atoms with Crippen molar-refractivity contribution in [2.24, 2.45) is 0 Å². The van der Waals surface area contributed by atoms with Gasteiger partial charge in [0.25, 0.3) is 0 Å². The first-order chi connectivity index (χ1) is 11.8. The fraction of sp³-hybridized carbons (Fsp3) is 0.409. The Morgan fingerprint density at radius 3 is 2.08 bits per heavy atom. The fourth-order valence-electron chi connectivity index (χ4n) is 4.16. The Labute approximate surface area is 157 Å². The molecule has 4 rings (SSSR count). The van der Waals surface area contributed by atoms with Crippen LogP contribution in [0.2, 0.25) is 0 Å². The summed E-state index contributed by atoms with van der Waals surface area (Å²) in [6, 6.07) is 6.87. The van der Waals surface area contributed by atoms with Crippen LogP contribution in [-0.4, -0.2) is 5.97 Å². The van der Waals surface area contributed by atoms with Crippen LogP contribution in [0.1, 0.15) is 55.5 Å². The van der Waals surface area contributed by atoms with Gasteiger partial charge in [0.1, 0.15) is 5.75 Å². The molecule has 3 heteroatoms. The summed E-state index contributed by atoms with van der Waals surface area (Å²) in [5, 5.41) is 0. The van der Waals surface area contributed by atoms with Gasteiger partial charge in [-0.15, -0.1) is 0 Å². The van der Waals surface area contributed by atoms with Crippen LogP contribution in [0, 0.1) is 0 Å². The molecule has 0 bridgehead atoms. The van der Waals surface area contributed by atoms with Crippen molar-refractivity contribution in [2.45, 2.75) is 58.8 Å². The lowest BCUT2D eigenvalue weighted by Gasteiger charge is -2.33. The highest BCUT2D eigenvalue weighted by Crippen LogP contribution is 2.48. The second-order valence-corrected chi connectivity index (χ2v) is 9.01. The van der Waals surface area contributed by atoms with E-state index in [1.54, 1.807) is 0 Å². The molecule has 130 valence electrons. The zero-order valence-electron chi connectivity index (χ0n) is 15.3. The third-order valence-corrected chi connectivity index (χ3v) is 6.26. The summed E-state index contributed by atoms with van der Waals surface area (Å²) in [4.78, 5) is 11.4. The topological polar surface area (TPSA) is 26.3 Å². The van der Waals surface area contributed by atoms with Crippen molar-refractivity contribution < 1.29 is 9.53 Å². The number of hydrogen-bond donors (Lipinski definition) is 0. The van der Waals surface area contributed by atoms with E-state index in [4.69, 9.17) is 4.74 Å². The van der Waals surface area contributed by atoms with Crippen molar-refractivity contribution >= 4 is 21.9 Å². The van der Waals surface area contributed by atoms with Crippen molar-refractivity contribution in [3.8, 4) is 16.9 Å². The van der Waals surface area contributed by atoms with Gasteiger partial charge in [0.15, 0.2) is 0 Å². The van der Waals surface area contributed by atoms with Crippen LogP contribution < -0.4 is 4.74 Å². The van der Waals surface area contributed by atoms with Gasteiger partial charge in [-0.05, 0) is 92.0 Å². The van der Waals surface area contributed by atoms with Gasteiger partial charge in [0, 0.05) is 6.92 Å². The molecular formula is C22H23BrO2. The lowest BCUT2D eigenvalue weighted by molar-refractivity contribution is -0.131. The number of halogens is 1. The minimum Gasteiger partial charge on any atom is -0.425 e. The maximum atomic E-state index is 11.4. The molecule has 2 aromatic carbocycles. The Bertz CT molecular complexity index is 886. The molecule has 0 N–H and O–H groups in total. The minimum absolute atomic E-state index is 0.172. The Morgan fingerprint density at radius 1 is 0.960 bits per heavy atom. The van der Waals surface area contributed by atoms with E-state index in [0.29, 0.717) is 5.75 Å². The molecule has 2 aliphatic rings. The van der Waals surface area contributed by atoms with Gasteiger partial charge < -0.3 is 4.74 Å². The summed E-state index contributed by atoms with van der Waals surface area (Å²) in [5.74, 6) is 0.398. The lowest BCUT2D eigenvalue weighted by Crippen LogP contribution is -2.19. The van der Waals surface area contributed by atoms with E-state index in [2.05, 4.69) is 54.9 Å². The number of aryl methyl sites for hydroxylation is 3. The summed E-state index contributed by atoms with van der Waals surface area (Å²) in [6.45, 7) is 8.32. The molecule has 0 unspecified atom stereocenters. The molecule has 0 aliphatic heterocycles. The summed E-state index contributed by atoms with van der Waals surface area (Å²) in [6.07, 6.45) is 4.09. The van der Waals surface area contributed by atoms with Crippen LogP contribution in [0.3, 0.4) is 0 Å². The Morgan fingerprint density at radius 2 is 1.52 bits per heavy atom. The summed E-state index contributed by atoms with van der Waals surface area (Å²) < 4.78 is 6.38. The van der Waals surface area contributed by atoms with E-state index in [1.807, 2.05) is 0 Å². The Kier molecular flexibility index (Phi) is 3.84. The highest BCUT2D eigenvalue weighted by molar-refractivity contribution is 9.10. The molecule has 0 saturated heterocycles. The van der Waals surface area contributed by atoms with Crippen LogP contribution in [-0.2, 0) is 35.9 Å². The van der Waals surface area contributed by atoms with Crippen molar-refractivity contribution in [1.29, 1.82) is 0 Å². The van der Waals surface area contributed by atoms with E-state index < -0.39 is 0 Å². The molecule has 2 aromatic rings. The van der Waals surface area contributed by atoms with Gasteiger partial charge in [-0.3, -0.25) is 4.79 Å². The van der Waals surface area contributed by atoms with Crippen LogP contribution in [0.4, 0.5) is 0 Å². The maximum absolute atomic E-state index is 11.4. The number of rotatable bonds is 1. The third kappa shape index (κ3) is 2.73. The molecule has 0 radical (unpaired) electrons. The molecule has 2 nitrogen and oxygen atoms in total. The highest BCUT2D eigenvalue weighted by atomic mass is 79.9. The first-order valence-electron chi connectivity index (χ1n) is 8.95. The van der Waals surface area contributed by atoms with Gasteiger partial charge in [-0.2, -0.15) is 0 Å². The van der Waals surface area contributed by atoms with Gasteiger partial charge in [0.05, 0.1) is 4.47 Å². The highest BCUT2D eigenvalue weighted by Gasteiger charge is 2.30. The van der Waals surface area contributed by atoms with Gasteiger partial charge >= 0.3 is 5.97 Å². The van der Waals surface area contributed by atoms with Crippen molar-refractivity contribution in [3.63, 3.8) is 0 Å². The predicted molar refractivity (Wildman–Crippen MR) is 104 cm³/mol. The number of carbonyl (C=O) groups excluding carboxylic acids is 1. The Hall–Kier alpha value is -1.61. The zero-order chi connectivity index (χ0) is 17.9. The number of carbonyl (C=O) groups is 1. The van der Waals surface area contributed by atoms with Crippen LogP contribution >= 0.6 is 15.9 Å². The molecule has 0 atom stereocenters. The number of hydrogen-bond acceptors (Lipinski definition) is 2. The molecule has 0 saturated carbocycles. The van der Waals surface area contributed by atoms with Gasteiger partial charge in [-0.1, -0.05) is 32.9 Å². The number of esters is 1. The minimum atomic E-state index is -0.268. The van der Waals surface area contributed by atoms with E-state index in [0.717, 1.165) is 30.2 Å². The monoisotopic (exact) mass is 398 g/mol. The van der Waals surface area contributed by atoms with E-state index in [1.165, 1.54) is 45.9 Å². The zero-order valence-corrected chi connectivity index (χ0v) is 16.8. The first-order valence-corrected chi connectivity index (χ1v) is 9.74. The quantitative estimate of drug-likeness (QED) is 0.465. The third-order valence-electron chi connectivity index (χ3n) is 5.39. The van der Waals surface area contributed by atoms with E-state index in [9.17, 15) is 4.79 Å². The average molecular weight is 399 g/mol. The molecule has 25 heavy (non-hydrogen) atoms. The fourth-order valence-corrected chi connectivity index (χ4v) is 4.76.